The van der Waals surface area contributed by atoms with Crippen LogP contribution in [0.25, 0.3) is 5.57 Å². The summed E-state index contributed by atoms with van der Waals surface area (Å²) < 4.78 is 5.18. The molecule has 20 heavy (non-hydrogen) atoms. The Hall–Kier alpha value is -1.57. The maximum Gasteiger partial charge on any atom is 0.310 e. The Labute approximate surface area is 121 Å². The van der Waals surface area contributed by atoms with Gasteiger partial charge in [0.05, 0.1) is 12.5 Å². The van der Waals surface area contributed by atoms with E-state index in [1.807, 2.05) is 13.0 Å². The minimum Gasteiger partial charge on any atom is -0.466 e. The highest BCUT2D eigenvalue weighted by Gasteiger charge is 2.61. The van der Waals surface area contributed by atoms with Gasteiger partial charge in [0.15, 0.2) is 0 Å². The first-order chi connectivity index (χ1) is 9.52. The monoisotopic (exact) mass is 272 g/mol. The van der Waals surface area contributed by atoms with E-state index in [1.54, 1.807) is 0 Å². The molecular formula is C18H24O2. The van der Waals surface area contributed by atoms with Crippen molar-refractivity contribution in [2.45, 2.75) is 34.1 Å². The number of hydrogen-bond acceptors (Lipinski definition) is 2. The highest BCUT2D eigenvalue weighted by molar-refractivity contribution is 5.79. The molecule has 2 heteroatoms. The molecule has 0 N–H and O–H groups in total. The normalized spacial score (nSPS) is 24.3. The molecule has 0 aromatic heterocycles. The molecule has 2 atom stereocenters. The van der Waals surface area contributed by atoms with Crippen LogP contribution in [-0.2, 0) is 9.53 Å². The third-order valence-corrected chi connectivity index (χ3v) is 4.36. The lowest BCUT2D eigenvalue weighted by Crippen LogP contribution is -2.10. The van der Waals surface area contributed by atoms with Crippen LogP contribution in [0.4, 0.5) is 0 Å². The van der Waals surface area contributed by atoms with Crippen LogP contribution in [0.5, 0.6) is 0 Å². The second kappa shape index (κ2) is 5.82. The molecule has 2 rings (SSSR count). The standard InChI is InChI=1S/C18H24O2/c1-5-13(14-10-8-7-9-11-14)12-15-16(18(15,3)4)17(19)20-6-2/h7-12,15-16H,5-6H2,1-4H3. The van der Waals surface area contributed by atoms with E-state index in [0.717, 1.165) is 6.42 Å². The number of benzene rings is 1. The third-order valence-electron chi connectivity index (χ3n) is 4.36. The summed E-state index contributed by atoms with van der Waals surface area (Å²) in [5.41, 5.74) is 2.58. The van der Waals surface area contributed by atoms with Crippen LogP contribution in [0.3, 0.4) is 0 Å². The van der Waals surface area contributed by atoms with Crippen LogP contribution in [0, 0.1) is 17.3 Å². The van der Waals surface area contributed by atoms with Gasteiger partial charge < -0.3 is 4.74 Å². The largest absolute Gasteiger partial charge is 0.466 e. The molecule has 2 nitrogen and oxygen atoms in total. The maximum atomic E-state index is 12.0. The van der Waals surface area contributed by atoms with Crippen molar-refractivity contribution in [3.63, 3.8) is 0 Å². The van der Waals surface area contributed by atoms with Crippen molar-refractivity contribution < 1.29 is 9.53 Å². The Morgan fingerprint density at radius 2 is 1.90 bits per heavy atom. The summed E-state index contributed by atoms with van der Waals surface area (Å²) in [7, 11) is 0. The van der Waals surface area contributed by atoms with Crippen molar-refractivity contribution in [3.05, 3.63) is 42.0 Å². The first-order valence-electron chi connectivity index (χ1n) is 7.45. The van der Waals surface area contributed by atoms with Gasteiger partial charge in [-0.2, -0.15) is 0 Å². The Bertz CT molecular complexity index is 499. The van der Waals surface area contributed by atoms with Gasteiger partial charge in [-0.05, 0) is 35.8 Å². The summed E-state index contributed by atoms with van der Waals surface area (Å²) in [6.45, 7) is 8.77. The second-order valence-corrected chi connectivity index (χ2v) is 5.99. The summed E-state index contributed by atoms with van der Waals surface area (Å²) in [6.07, 6.45) is 3.25. The second-order valence-electron chi connectivity index (χ2n) is 5.99. The van der Waals surface area contributed by atoms with Gasteiger partial charge in [0.1, 0.15) is 0 Å². The molecule has 1 aliphatic rings. The average molecular weight is 272 g/mol. The number of carbonyl (C=O) groups excluding carboxylic acids is 1. The van der Waals surface area contributed by atoms with Crippen LogP contribution in [-0.4, -0.2) is 12.6 Å². The van der Waals surface area contributed by atoms with Crippen LogP contribution in [0.2, 0.25) is 0 Å². The highest BCUT2D eigenvalue weighted by Crippen LogP contribution is 2.60. The minimum absolute atomic E-state index is 0.00714. The summed E-state index contributed by atoms with van der Waals surface area (Å²) >= 11 is 0. The van der Waals surface area contributed by atoms with Crippen molar-refractivity contribution in [3.8, 4) is 0 Å². The molecular weight excluding hydrogens is 248 g/mol. The zero-order valence-electron chi connectivity index (χ0n) is 12.8. The molecule has 2 unspecified atom stereocenters. The van der Waals surface area contributed by atoms with Gasteiger partial charge in [-0.1, -0.05) is 57.2 Å². The Kier molecular flexibility index (Phi) is 4.32. The maximum absolute atomic E-state index is 12.0. The van der Waals surface area contributed by atoms with Gasteiger partial charge in [0.25, 0.3) is 0 Å². The van der Waals surface area contributed by atoms with E-state index in [4.69, 9.17) is 4.74 Å². The fraction of sp³-hybridized carbons (Fsp3) is 0.500. The van der Waals surface area contributed by atoms with Crippen molar-refractivity contribution in [2.24, 2.45) is 17.3 Å². The highest BCUT2D eigenvalue weighted by atomic mass is 16.5. The van der Waals surface area contributed by atoms with Crippen LogP contribution >= 0.6 is 0 Å². The number of rotatable bonds is 5. The molecule has 0 bridgehead atoms. The first kappa shape index (κ1) is 14.8. The molecule has 1 aromatic carbocycles. The fourth-order valence-corrected chi connectivity index (χ4v) is 2.96. The smallest absolute Gasteiger partial charge is 0.310 e. The number of hydrogen-bond donors (Lipinski definition) is 0. The van der Waals surface area contributed by atoms with Gasteiger partial charge in [0.2, 0.25) is 0 Å². The number of ether oxygens (including phenoxy) is 1. The molecule has 0 radical (unpaired) electrons. The van der Waals surface area contributed by atoms with E-state index >= 15 is 0 Å². The van der Waals surface area contributed by atoms with Crippen LogP contribution in [0.15, 0.2) is 36.4 Å². The van der Waals surface area contributed by atoms with Crippen molar-refractivity contribution in [1.29, 1.82) is 0 Å². The van der Waals surface area contributed by atoms with Gasteiger partial charge in [-0.15, -0.1) is 0 Å². The zero-order chi connectivity index (χ0) is 14.8. The van der Waals surface area contributed by atoms with E-state index in [1.165, 1.54) is 11.1 Å². The molecule has 0 amide bonds. The SMILES string of the molecule is CCOC(=O)C1C(C=C(CC)c2ccccc2)C1(C)C. The van der Waals surface area contributed by atoms with Gasteiger partial charge in [-0.3, -0.25) is 4.79 Å². The molecule has 0 saturated heterocycles. The summed E-state index contributed by atoms with van der Waals surface area (Å²) in [5.74, 6) is 0.242. The molecule has 1 aromatic rings. The van der Waals surface area contributed by atoms with E-state index in [9.17, 15) is 4.79 Å². The van der Waals surface area contributed by atoms with Crippen molar-refractivity contribution in [1.82, 2.24) is 0 Å². The molecule has 108 valence electrons. The lowest BCUT2D eigenvalue weighted by Gasteiger charge is -2.05. The molecule has 0 heterocycles. The number of allylic oxidation sites excluding steroid dienone is 2. The van der Waals surface area contributed by atoms with Crippen LogP contribution in [0.1, 0.15) is 39.7 Å². The van der Waals surface area contributed by atoms with Crippen LogP contribution < -0.4 is 0 Å². The quantitative estimate of drug-likeness (QED) is 0.746. The molecule has 0 spiro atoms. The van der Waals surface area contributed by atoms with Crippen molar-refractivity contribution in [2.75, 3.05) is 6.61 Å². The third kappa shape index (κ3) is 2.79. The summed E-state index contributed by atoms with van der Waals surface area (Å²) in [4.78, 5) is 12.0. The molecule has 1 aliphatic carbocycles. The Balaban J connectivity index is 2.19. The average Bonchev–Trinajstić information content (AvgIpc) is 2.98. The molecule has 1 fully saturated rings. The Morgan fingerprint density at radius 1 is 1.25 bits per heavy atom. The minimum atomic E-state index is -0.0535. The molecule has 0 aliphatic heterocycles. The predicted octanol–water partition coefficient (Wildman–Crippen LogP) is 4.32. The van der Waals surface area contributed by atoms with Gasteiger partial charge >= 0.3 is 5.97 Å². The summed E-state index contributed by atoms with van der Waals surface area (Å²) in [5, 5.41) is 0. The van der Waals surface area contributed by atoms with E-state index in [0.29, 0.717) is 6.61 Å². The van der Waals surface area contributed by atoms with E-state index in [-0.39, 0.29) is 23.2 Å². The topological polar surface area (TPSA) is 26.3 Å². The number of esters is 1. The fourth-order valence-electron chi connectivity index (χ4n) is 2.96. The Morgan fingerprint density at radius 3 is 2.45 bits per heavy atom. The number of carbonyl (C=O) groups is 1. The van der Waals surface area contributed by atoms with E-state index < -0.39 is 0 Å². The lowest BCUT2D eigenvalue weighted by atomic mass is 10.00. The van der Waals surface area contributed by atoms with Gasteiger partial charge in [0, 0.05) is 0 Å². The first-order valence-corrected chi connectivity index (χ1v) is 7.45. The summed E-state index contributed by atoms with van der Waals surface area (Å²) in [6, 6.07) is 10.4. The zero-order valence-corrected chi connectivity index (χ0v) is 12.8. The van der Waals surface area contributed by atoms with E-state index in [2.05, 4.69) is 51.1 Å². The lowest BCUT2D eigenvalue weighted by molar-refractivity contribution is -0.145. The van der Waals surface area contributed by atoms with Crippen molar-refractivity contribution >= 4 is 11.5 Å². The predicted molar refractivity (Wildman–Crippen MR) is 82.1 cm³/mol. The van der Waals surface area contributed by atoms with Gasteiger partial charge in [-0.25, -0.2) is 0 Å². The molecule has 1 saturated carbocycles.